The predicted octanol–water partition coefficient (Wildman–Crippen LogP) is 3.99. The molecule has 0 atom stereocenters. The molecule has 0 radical (unpaired) electrons. The molecule has 0 saturated carbocycles. The Morgan fingerprint density at radius 1 is 0.885 bits per heavy atom. The summed E-state index contributed by atoms with van der Waals surface area (Å²) >= 11 is 0. The van der Waals surface area contributed by atoms with Crippen LogP contribution >= 0.6 is 0 Å². The highest BCUT2D eigenvalue weighted by Gasteiger charge is 2.02. The van der Waals surface area contributed by atoms with Crippen LogP contribution in [0.25, 0.3) is 0 Å². The number of aromatic nitrogens is 1. The van der Waals surface area contributed by atoms with Crippen LogP contribution in [0.3, 0.4) is 0 Å². The first-order valence-electron chi connectivity index (χ1n) is 8.52. The van der Waals surface area contributed by atoms with Crippen LogP contribution in [-0.4, -0.2) is 17.4 Å². The van der Waals surface area contributed by atoms with E-state index in [0.717, 1.165) is 22.7 Å². The Morgan fingerprint density at radius 3 is 2.31 bits per heavy atom. The van der Waals surface area contributed by atoms with E-state index in [1.54, 1.807) is 12.4 Å². The van der Waals surface area contributed by atoms with Gasteiger partial charge in [0.2, 0.25) is 5.91 Å². The zero-order chi connectivity index (χ0) is 18.0. The summed E-state index contributed by atoms with van der Waals surface area (Å²) in [6.45, 7) is 1.09. The van der Waals surface area contributed by atoms with Crippen LogP contribution in [0.4, 0.5) is 5.69 Å². The molecule has 0 unspecified atom stereocenters. The molecule has 0 spiro atoms. The van der Waals surface area contributed by atoms with Crippen LogP contribution < -0.4 is 15.4 Å². The van der Waals surface area contributed by atoms with E-state index in [2.05, 4.69) is 15.6 Å². The molecule has 3 aromatic rings. The van der Waals surface area contributed by atoms with Crippen LogP contribution in [0.15, 0.2) is 79.1 Å². The van der Waals surface area contributed by atoms with Crippen molar-refractivity contribution in [2.75, 3.05) is 11.9 Å². The van der Waals surface area contributed by atoms with Gasteiger partial charge < -0.3 is 15.4 Å². The summed E-state index contributed by atoms with van der Waals surface area (Å²) in [4.78, 5) is 15.8. The topological polar surface area (TPSA) is 63.2 Å². The summed E-state index contributed by atoms with van der Waals surface area (Å²) in [5.41, 5.74) is 1.99. The highest BCUT2D eigenvalue weighted by atomic mass is 16.5. The fourth-order valence-corrected chi connectivity index (χ4v) is 2.38. The number of para-hydroxylation sites is 1. The number of carbonyl (C=O) groups is 1. The SMILES string of the molecule is O=C(CCNc1ccc(Oc2ccccc2)cc1)NCc1ccncc1. The molecule has 5 nitrogen and oxygen atoms in total. The first-order valence-corrected chi connectivity index (χ1v) is 8.52. The zero-order valence-corrected chi connectivity index (χ0v) is 14.4. The summed E-state index contributed by atoms with van der Waals surface area (Å²) < 4.78 is 5.75. The number of hydrogen-bond donors (Lipinski definition) is 2. The summed E-state index contributed by atoms with van der Waals surface area (Å²) in [7, 11) is 0. The number of nitrogens with one attached hydrogen (secondary N) is 2. The van der Waals surface area contributed by atoms with Crippen LogP contribution in [0, 0.1) is 0 Å². The number of ether oxygens (including phenoxy) is 1. The second kappa shape index (κ2) is 9.22. The quantitative estimate of drug-likeness (QED) is 0.647. The molecule has 1 heterocycles. The molecule has 0 aliphatic carbocycles. The summed E-state index contributed by atoms with van der Waals surface area (Å²) in [5, 5.41) is 6.13. The number of nitrogens with zero attached hydrogens (tertiary/aromatic N) is 1. The van der Waals surface area contributed by atoms with E-state index in [9.17, 15) is 4.79 Å². The van der Waals surface area contributed by atoms with E-state index in [1.165, 1.54) is 0 Å². The maximum atomic E-state index is 11.9. The molecule has 26 heavy (non-hydrogen) atoms. The molecule has 1 aromatic heterocycles. The first-order chi connectivity index (χ1) is 12.8. The van der Waals surface area contributed by atoms with Gasteiger partial charge in [-0.15, -0.1) is 0 Å². The molecule has 3 rings (SSSR count). The van der Waals surface area contributed by atoms with E-state index in [-0.39, 0.29) is 5.91 Å². The van der Waals surface area contributed by atoms with Gasteiger partial charge in [-0.1, -0.05) is 18.2 Å². The minimum absolute atomic E-state index is 0.0124. The smallest absolute Gasteiger partial charge is 0.222 e. The van der Waals surface area contributed by atoms with Crippen LogP contribution in [0.1, 0.15) is 12.0 Å². The number of pyridine rings is 1. The summed E-state index contributed by atoms with van der Waals surface area (Å²) in [6.07, 6.45) is 3.84. The van der Waals surface area contributed by atoms with Gasteiger partial charge in [-0.05, 0) is 54.1 Å². The van der Waals surface area contributed by atoms with E-state index in [4.69, 9.17) is 4.74 Å². The summed E-state index contributed by atoms with van der Waals surface area (Å²) in [6, 6.07) is 21.1. The fourth-order valence-electron chi connectivity index (χ4n) is 2.38. The van der Waals surface area contributed by atoms with E-state index in [1.807, 2.05) is 66.7 Å². The van der Waals surface area contributed by atoms with Gasteiger partial charge in [0.1, 0.15) is 11.5 Å². The van der Waals surface area contributed by atoms with E-state index < -0.39 is 0 Å². The number of anilines is 1. The fraction of sp³-hybridized carbons (Fsp3) is 0.143. The molecule has 132 valence electrons. The number of carbonyl (C=O) groups excluding carboxylic acids is 1. The Hall–Kier alpha value is -3.34. The number of amides is 1. The van der Waals surface area contributed by atoms with Crippen molar-refractivity contribution in [1.29, 1.82) is 0 Å². The molecule has 2 aromatic carbocycles. The van der Waals surface area contributed by atoms with Gasteiger partial charge >= 0.3 is 0 Å². The third-order valence-corrected chi connectivity index (χ3v) is 3.75. The third-order valence-electron chi connectivity index (χ3n) is 3.75. The average Bonchev–Trinajstić information content (AvgIpc) is 2.69. The Bertz CT molecular complexity index is 806. The molecule has 1 amide bonds. The normalized spacial score (nSPS) is 10.2. The molecular formula is C21H21N3O2. The van der Waals surface area contributed by atoms with Gasteiger partial charge in [-0.2, -0.15) is 0 Å². The largest absolute Gasteiger partial charge is 0.457 e. The van der Waals surface area contributed by atoms with Crippen molar-refractivity contribution < 1.29 is 9.53 Å². The zero-order valence-electron chi connectivity index (χ0n) is 14.4. The number of hydrogen-bond acceptors (Lipinski definition) is 4. The molecule has 0 aliphatic rings. The molecular weight excluding hydrogens is 326 g/mol. The van der Waals surface area contributed by atoms with Crippen LogP contribution in [0.2, 0.25) is 0 Å². The van der Waals surface area contributed by atoms with Crippen molar-refractivity contribution in [1.82, 2.24) is 10.3 Å². The lowest BCUT2D eigenvalue weighted by Crippen LogP contribution is -2.24. The number of benzene rings is 2. The lowest BCUT2D eigenvalue weighted by atomic mass is 10.2. The monoisotopic (exact) mass is 347 g/mol. The first kappa shape index (κ1) is 17.5. The Morgan fingerprint density at radius 2 is 1.58 bits per heavy atom. The summed E-state index contributed by atoms with van der Waals surface area (Å²) in [5.74, 6) is 1.59. The van der Waals surface area contributed by atoms with Crippen molar-refractivity contribution in [2.24, 2.45) is 0 Å². The maximum absolute atomic E-state index is 11.9. The Kier molecular flexibility index (Phi) is 6.20. The van der Waals surface area contributed by atoms with Crippen LogP contribution in [0.5, 0.6) is 11.5 Å². The maximum Gasteiger partial charge on any atom is 0.222 e. The highest BCUT2D eigenvalue weighted by molar-refractivity contribution is 5.76. The van der Waals surface area contributed by atoms with E-state index >= 15 is 0 Å². The third kappa shape index (κ3) is 5.63. The van der Waals surface area contributed by atoms with Gasteiger partial charge in [0, 0.05) is 37.6 Å². The minimum Gasteiger partial charge on any atom is -0.457 e. The standard InChI is InChI=1S/C21H21N3O2/c25-21(24-16-17-10-13-22-14-11-17)12-15-23-18-6-8-20(9-7-18)26-19-4-2-1-3-5-19/h1-11,13-14,23H,12,15-16H2,(H,24,25). The minimum atomic E-state index is 0.0124. The lowest BCUT2D eigenvalue weighted by Gasteiger charge is -2.09. The molecule has 5 heteroatoms. The molecule has 0 saturated heterocycles. The average molecular weight is 347 g/mol. The second-order valence-electron chi connectivity index (χ2n) is 5.75. The molecule has 2 N–H and O–H groups in total. The van der Waals surface area contributed by atoms with E-state index in [0.29, 0.717) is 19.5 Å². The van der Waals surface area contributed by atoms with Crippen molar-refractivity contribution in [3.8, 4) is 11.5 Å². The van der Waals surface area contributed by atoms with Gasteiger partial charge in [-0.25, -0.2) is 0 Å². The van der Waals surface area contributed by atoms with Crippen molar-refractivity contribution >= 4 is 11.6 Å². The van der Waals surface area contributed by atoms with Gasteiger partial charge in [0.15, 0.2) is 0 Å². The second-order valence-corrected chi connectivity index (χ2v) is 5.75. The number of rotatable bonds is 8. The Labute approximate surface area is 153 Å². The molecule has 0 aliphatic heterocycles. The molecule has 0 fully saturated rings. The molecule has 0 bridgehead atoms. The lowest BCUT2D eigenvalue weighted by molar-refractivity contribution is -0.121. The Balaban J connectivity index is 1.38. The van der Waals surface area contributed by atoms with Gasteiger partial charge in [0.25, 0.3) is 0 Å². The predicted molar refractivity (Wildman–Crippen MR) is 102 cm³/mol. The highest BCUT2D eigenvalue weighted by Crippen LogP contribution is 2.22. The van der Waals surface area contributed by atoms with Gasteiger partial charge in [-0.3, -0.25) is 9.78 Å². The van der Waals surface area contributed by atoms with Crippen molar-refractivity contribution in [2.45, 2.75) is 13.0 Å². The van der Waals surface area contributed by atoms with Crippen LogP contribution in [-0.2, 0) is 11.3 Å². The van der Waals surface area contributed by atoms with Crippen molar-refractivity contribution in [3.63, 3.8) is 0 Å². The van der Waals surface area contributed by atoms with Gasteiger partial charge in [0.05, 0.1) is 0 Å². The van der Waals surface area contributed by atoms with Crippen molar-refractivity contribution in [3.05, 3.63) is 84.7 Å².